The fraction of sp³-hybridized carbons (Fsp3) is 0.409. The molecule has 0 aliphatic carbocycles. The predicted octanol–water partition coefficient (Wildman–Crippen LogP) is 3.17. The first-order valence-corrected chi connectivity index (χ1v) is 10.9. The van der Waals surface area contributed by atoms with E-state index in [1.54, 1.807) is 23.3 Å². The molecule has 3 heterocycles. The van der Waals surface area contributed by atoms with Crippen LogP contribution in [0.4, 0.5) is 4.39 Å². The summed E-state index contributed by atoms with van der Waals surface area (Å²) in [6.45, 7) is 7.02. The van der Waals surface area contributed by atoms with Crippen molar-refractivity contribution in [3.63, 3.8) is 0 Å². The number of carbonyl (C=O) groups is 1. The van der Waals surface area contributed by atoms with Crippen LogP contribution in [-0.4, -0.2) is 33.0 Å². The van der Waals surface area contributed by atoms with Gasteiger partial charge in [-0.05, 0) is 60.4 Å². The highest BCUT2D eigenvalue weighted by atomic mass is 32.1. The van der Waals surface area contributed by atoms with Crippen LogP contribution < -0.4 is 11.2 Å². The Morgan fingerprint density at radius 3 is 2.53 bits per heavy atom. The average molecular weight is 430 g/mol. The van der Waals surface area contributed by atoms with Crippen molar-refractivity contribution in [2.75, 3.05) is 13.1 Å². The van der Waals surface area contributed by atoms with Gasteiger partial charge < -0.3 is 4.90 Å². The molecule has 6 nitrogen and oxygen atoms in total. The Labute approximate surface area is 177 Å². The third-order valence-electron chi connectivity index (χ3n) is 5.67. The maximum absolute atomic E-state index is 13.7. The van der Waals surface area contributed by atoms with E-state index in [2.05, 4.69) is 13.8 Å². The molecule has 2 aromatic heterocycles. The van der Waals surface area contributed by atoms with Gasteiger partial charge in [-0.2, -0.15) is 0 Å². The number of carbonyl (C=O) groups excluding carboxylic acids is 1. The standard InChI is InChI=1S/C22H24FN3O3S/c1-13-8-14(2)11-24(10-13)19(27)12-25-18-6-7-30-20(18)21(28)26(22(25)29)16-4-5-17(23)15(3)9-16/h4-7,9,13-14H,8,10-12H2,1-3H3. The highest BCUT2D eigenvalue weighted by molar-refractivity contribution is 7.17. The fourth-order valence-electron chi connectivity index (χ4n) is 4.34. The van der Waals surface area contributed by atoms with Crippen LogP contribution in [0.15, 0.2) is 39.2 Å². The number of piperidine rings is 1. The Bertz CT molecular complexity index is 1230. The quantitative estimate of drug-likeness (QED) is 0.643. The number of benzene rings is 1. The van der Waals surface area contributed by atoms with Crippen LogP contribution in [-0.2, 0) is 11.3 Å². The van der Waals surface area contributed by atoms with Crippen LogP contribution in [0.5, 0.6) is 0 Å². The number of hydrogen-bond donors (Lipinski definition) is 0. The van der Waals surface area contributed by atoms with E-state index in [0.29, 0.717) is 46.4 Å². The van der Waals surface area contributed by atoms with E-state index in [1.165, 1.54) is 34.1 Å². The minimum absolute atomic E-state index is 0.133. The average Bonchev–Trinajstić information content (AvgIpc) is 3.17. The molecular formula is C22H24FN3O3S. The van der Waals surface area contributed by atoms with Gasteiger partial charge in [-0.15, -0.1) is 11.3 Å². The smallest absolute Gasteiger partial charge is 0.336 e. The Balaban J connectivity index is 1.81. The largest absolute Gasteiger partial charge is 0.341 e. The summed E-state index contributed by atoms with van der Waals surface area (Å²) in [5.41, 5.74) is 0.0319. The molecule has 1 aliphatic heterocycles. The van der Waals surface area contributed by atoms with Crippen molar-refractivity contribution in [1.29, 1.82) is 0 Å². The Morgan fingerprint density at radius 2 is 1.87 bits per heavy atom. The molecule has 1 saturated heterocycles. The molecule has 0 radical (unpaired) electrons. The zero-order valence-electron chi connectivity index (χ0n) is 17.2. The molecule has 0 bridgehead atoms. The number of aryl methyl sites for hydroxylation is 1. The fourth-order valence-corrected chi connectivity index (χ4v) is 5.16. The number of halogens is 1. The third kappa shape index (κ3) is 3.60. The zero-order valence-corrected chi connectivity index (χ0v) is 18.0. The van der Waals surface area contributed by atoms with E-state index in [-0.39, 0.29) is 12.5 Å². The number of aromatic nitrogens is 2. The van der Waals surface area contributed by atoms with Gasteiger partial charge in [0.25, 0.3) is 5.56 Å². The molecule has 30 heavy (non-hydrogen) atoms. The summed E-state index contributed by atoms with van der Waals surface area (Å²) in [4.78, 5) is 41.2. The van der Waals surface area contributed by atoms with Gasteiger partial charge in [0.05, 0.1) is 11.2 Å². The minimum atomic E-state index is -0.594. The molecule has 2 atom stereocenters. The molecule has 1 aliphatic rings. The summed E-state index contributed by atoms with van der Waals surface area (Å²) in [5, 5.41) is 1.73. The Morgan fingerprint density at radius 1 is 1.17 bits per heavy atom. The van der Waals surface area contributed by atoms with Gasteiger partial charge in [0.15, 0.2) is 0 Å². The first-order chi connectivity index (χ1) is 14.3. The molecule has 8 heteroatoms. The van der Waals surface area contributed by atoms with Gasteiger partial charge in [-0.25, -0.2) is 13.8 Å². The van der Waals surface area contributed by atoms with E-state index in [9.17, 15) is 18.8 Å². The van der Waals surface area contributed by atoms with Gasteiger partial charge in [0, 0.05) is 13.1 Å². The Kier molecular flexibility index (Phi) is 5.36. The van der Waals surface area contributed by atoms with Gasteiger partial charge in [-0.3, -0.25) is 14.2 Å². The first-order valence-electron chi connectivity index (χ1n) is 10.0. The van der Waals surface area contributed by atoms with Crippen LogP contribution in [0.2, 0.25) is 0 Å². The van der Waals surface area contributed by atoms with Gasteiger partial charge in [0.1, 0.15) is 17.1 Å². The highest BCUT2D eigenvalue weighted by Crippen LogP contribution is 2.22. The number of fused-ring (bicyclic) bond motifs is 1. The summed E-state index contributed by atoms with van der Waals surface area (Å²) in [5.74, 6) is 0.273. The lowest BCUT2D eigenvalue weighted by molar-refractivity contribution is -0.134. The maximum atomic E-state index is 13.7. The van der Waals surface area contributed by atoms with Gasteiger partial charge >= 0.3 is 5.69 Å². The second-order valence-corrected chi connectivity index (χ2v) is 9.24. The van der Waals surface area contributed by atoms with Crippen molar-refractivity contribution in [2.45, 2.75) is 33.7 Å². The number of nitrogens with zero attached hydrogens (tertiary/aromatic N) is 3. The third-order valence-corrected chi connectivity index (χ3v) is 6.56. The van der Waals surface area contributed by atoms with Crippen LogP contribution >= 0.6 is 11.3 Å². The van der Waals surface area contributed by atoms with E-state index in [1.807, 2.05) is 0 Å². The van der Waals surface area contributed by atoms with Crippen LogP contribution in [0.25, 0.3) is 15.9 Å². The number of rotatable bonds is 3. The molecule has 1 aromatic carbocycles. The lowest BCUT2D eigenvalue weighted by atomic mass is 9.92. The van der Waals surface area contributed by atoms with Crippen molar-refractivity contribution in [3.8, 4) is 5.69 Å². The van der Waals surface area contributed by atoms with Crippen molar-refractivity contribution in [2.24, 2.45) is 11.8 Å². The molecule has 158 valence electrons. The minimum Gasteiger partial charge on any atom is -0.341 e. The highest BCUT2D eigenvalue weighted by Gasteiger charge is 2.27. The van der Waals surface area contributed by atoms with Gasteiger partial charge in [0.2, 0.25) is 5.91 Å². The normalized spacial score (nSPS) is 19.4. The summed E-state index contributed by atoms with van der Waals surface area (Å²) >= 11 is 1.22. The number of likely N-dealkylation sites (tertiary alicyclic amines) is 1. The lowest BCUT2D eigenvalue weighted by Gasteiger charge is -2.35. The summed E-state index contributed by atoms with van der Waals surface area (Å²) in [7, 11) is 0. The number of thiophene rings is 1. The molecule has 2 unspecified atom stereocenters. The molecule has 0 saturated carbocycles. The second-order valence-electron chi connectivity index (χ2n) is 8.32. The Hall–Kier alpha value is -2.74. The van der Waals surface area contributed by atoms with E-state index in [0.717, 1.165) is 11.0 Å². The van der Waals surface area contributed by atoms with E-state index < -0.39 is 17.1 Å². The molecule has 3 aromatic rings. The SMILES string of the molecule is Cc1cc(-n2c(=O)c3sccc3n(CC(=O)N3CC(C)CC(C)C3)c2=O)ccc1F. The van der Waals surface area contributed by atoms with E-state index in [4.69, 9.17) is 0 Å². The van der Waals surface area contributed by atoms with Crippen molar-refractivity contribution < 1.29 is 9.18 Å². The molecule has 0 spiro atoms. The predicted molar refractivity (Wildman–Crippen MR) is 116 cm³/mol. The van der Waals surface area contributed by atoms with E-state index >= 15 is 0 Å². The molecule has 1 amide bonds. The summed E-state index contributed by atoms with van der Waals surface area (Å²) in [6, 6.07) is 5.81. The molecule has 0 N–H and O–H groups in total. The molecule has 1 fully saturated rings. The van der Waals surface area contributed by atoms with Crippen LogP contribution in [0.3, 0.4) is 0 Å². The monoisotopic (exact) mass is 429 g/mol. The molecular weight excluding hydrogens is 405 g/mol. The second kappa shape index (κ2) is 7.83. The van der Waals surface area contributed by atoms with Crippen LogP contribution in [0, 0.1) is 24.6 Å². The summed E-state index contributed by atoms with van der Waals surface area (Å²) in [6.07, 6.45) is 1.08. The van der Waals surface area contributed by atoms with Crippen molar-refractivity contribution in [1.82, 2.24) is 14.0 Å². The first kappa shape index (κ1) is 20.5. The van der Waals surface area contributed by atoms with Crippen molar-refractivity contribution >= 4 is 27.5 Å². The topological polar surface area (TPSA) is 64.3 Å². The maximum Gasteiger partial charge on any atom is 0.336 e. The van der Waals surface area contributed by atoms with Crippen molar-refractivity contribution in [3.05, 3.63) is 61.9 Å². The number of amides is 1. The zero-order chi connectivity index (χ0) is 21.6. The summed E-state index contributed by atoms with van der Waals surface area (Å²) < 4.78 is 16.5. The lowest BCUT2D eigenvalue weighted by Crippen LogP contribution is -2.46. The van der Waals surface area contributed by atoms with Crippen LogP contribution in [0.1, 0.15) is 25.8 Å². The van der Waals surface area contributed by atoms with Gasteiger partial charge in [-0.1, -0.05) is 13.8 Å². The number of hydrogen-bond acceptors (Lipinski definition) is 4. The molecule has 4 rings (SSSR count).